The highest BCUT2D eigenvalue weighted by Gasteiger charge is 2.26. The monoisotopic (exact) mass is 282 g/mol. The van der Waals surface area contributed by atoms with Crippen LogP contribution in [0.1, 0.15) is 19.8 Å². The number of nitrogens with zero attached hydrogens (tertiary/aromatic N) is 1. The van der Waals surface area contributed by atoms with E-state index in [-0.39, 0.29) is 0 Å². The molecule has 0 aliphatic heterocycles. The molecule has 0 aliphatic rings. The molecular weight excluding hydrogens is 257 g/mol. The molecule has 0 heterocycles. The molecule has 0 aromatic rings. The minimum atomic E-state index is -4.45. The second-order valence-corrected chi connectivity index (χ2v) is 6.32. The Morgan fingerprint density at radius 2 is 1.94 bits per heavy atom. The second kappa shape index (κ2) is 7.92. The standard InChI is InChI=1S/C11H24NO5P/c1-5-6-8-16-9-7-11(10-12(2,3)4)17-18(13,14)15/h6,8,11H,5,7,9-10H2,1-4H3,(H-,13,14,15)/p+1. The predicted molar refractivity (Wildman–Crippen MR) is 69.8 cm³/mol. The van der Waals surface area contributed by atoms with Crippen molar-refractivity contribution in [1.82, 2.24) is 0 Å². The number of ether oxygens (including phenoxy) is 1. The minimum Gasteiger partial charge on any atom is -0.501 e. The highest BCUT2D eigenvalue weighted by atomic mass is 31.2. The maximum Gasteiger partial charge on any atom is 0.470 e. The van der Waals surface area contributed by atoms with E-state index in [0.29, 0.717) is 24.1 Å². The largest absolute Gasteiger partial charge is 0.501 e. The van der Waals surface area contributed by atoms with Gasteiger partial charge in [0.05, 0.1) is 34.0 Å². The average molecular weight is 282 g/mol. The van der Waals surface area contributed by atoms with Crippen molar-refractivity contribution in [3.8, 4) is 0 Å². The first kappa shape index (κ1) is 17.6. The van der Waals surface area contributed by atoms with Crippen LogP contribution >= 0.6 is 7.82 Å². The zero-order chi connectivity index (χ0) is 14.2. The lowest BCUT2D eigenvalue weighted by Crippen LogP contribution is -2.42. The van der Waals surface area contributed by atoms with E-state index in [2.05, 4.69) is 0 Å². The molecule has 0 aromatic carbocycles. The molecule has 7 heteroatoms. The first-order valence-electron chi connectivity index (χ1n) is 5.95. The van der Waals surface area contributed by atoms with E-state index < -0.39 is 13.9 Å². The highest BCUT2D eigenvalue weighted by molar-refractivity contribution is 7.46. The highest BCUT2D eigenvalue weighted by Crippen LogP contribution is 2.38. The van der Waals surface area contributed by atoms with Crippen molar-refractivity contribution in [2.24, 2.45) is 0 Å². The molecule has 0 radical (unpaired) electrons. The Bertz CT molecular complexity index is 294. The molecular formula is C11H25NO5P+. The third-order valence-electron chi connectivity index (χ3n) is 2.02. The normalized spacial score (nSPS) is 15.0. The van der Waals surface area contributed by atoms with E-state index in [1.165, 1.54) is 0 Å². The SMILES string of the molecule is CCC=COCCC(C[N+](C)(C)C)OP(=O)(O)O. The van der Waals surface area contributed by atoms with Gasteiger partial charge in [0.1, 0.15) is 12.6 Å². The number of phosphoric ester groups is 1. The van der Waals surface area contributed by atoms with Crippen molar-refractivity contribution in [3.05, 3.63) is 12.3 Å². The molecule has 0 spiro atoms. The summed E-state index contributed by atoms with van der Waals surface area (Å²) in [4.78, 5) is 17.7. The van der Waals surface area contributed by atoms with Crippen molar-refractivity contribution < 1.29 is 28.1 Å². The van der Waals surface area contributed by atoms with Gasteiger partial charge in [-0.2, -0.15) is 0 Å². The summed E-state index contributed by atoms with van der Waals surface area (Å²) in [6.45, 7) is 2.88. The van der Waals surface area contributed by atoms with Crippen LogP contribution in [0.5, 0.6) is 0 Å². The van der Waals surface area contributed by atoms with E-state index in [1.54, 1.807) is 6.26 Å². The number of hydrogen-bond acceptors (Lipinski definition) is 3. The Morgan fingerprint density at radius 1 is 1.33 bits per heavy atom. The van der Waals surface area contributed by atoms with Gasteiger partial charge in [-0.05, 0) is 6.42 Å². The van der Waals surface area contributed by atoms with E-state index in [1.807, 2.05) is 34.1 Å². The van der Waals surface area contributed by atoms with Crippen LogP contribution in [-0.2, 0) is 13.8 Å². The molecule has 1 unspecified atom stereocenters. The number of rotatable bonds is 9. The first-order chi connectivity index (χ1) is 8.14. The van der Waals surface area contributed by atoms with Gasteiger partial charge in [-0.15, -0.1) is 0 Å². The fraction of sp³-hybridized carbons (Fsp3) is 0.818. The molecule has 0 saturated heterocycles. The third kappa shape index (κ3) is 12.1. The molecule has 2 N–H and O–H groups in total. The summed E-state index contributed by atoms with van der Waals surface area (Å²) in [6.07, 6.45) is 4.27. The maximum absolute atomic E-state index is 10.9. The summed E-state index contributed by atoms with van der Waals surface area (Å²) in [7, 11) is 1.36. The summed E-state index contributed by atoms with van der Waals surface area (Å²) in [6, 6.07) is 0. The number of likely N-dealkylation sites (N-methyl/N-ethyl adjacent to an activating group) is 1. The van der Waals surface area contributed by atoms with Crippen molar-refractivity contribution >= 4 is 7.82 Å². The minimum absolute atomic E-state index is 0.376. The van der Waals surface area contributed by atoms with Crippen LogP contribution < -0.4 is 0 Å². The summed E-state index contributed by atoms with van der Waals surface area (Å²) in [5.41, 5.74) is 0. The second-order valence-electron chi connectivity index (χ2n) is 5.13. The molecule has 0 rings (SSSR count). The van der Waals surface area contributed by atoms with Gasteiger partial charge in [-0.1, -0.05) is 13.0 Å². The van der Waals surface area contributed by atoms with Gasteiger partial charge >= 0.3 is 7.82 Å². The molecule has 108 valence electrons. The van der Waals surface area contributed by atoms with Gasteiger partial charge in [0, 0.05) is 6.42 Å². The van der Waals surface area contributed by atoms with E-state index in [0.717, 1.165) is 6.42 Å². The van der Waals surface area contributed by atoms with Gasteiger partial charge in [0.15, 0.2) is 0 Å². The van der Waals surface area contributed by atoms with Gasteiger partial charge in [-0.3, -0.25) is 4.52 Å². The molecule has 0 bridgehead atoms. The van der Waals surface area contributed by atoms with E-state index in [9.17, 15) is 4.57 Å². The summed E-state index contributed by atoms with van der Waals surface area (Å²) in [5, 5.41) is 0. The lowest BCUT2D eigenvalue weighted by molar-refractivity contribution is -0.873. The van der Waals surface area contributed by atoms with Crippen LogP contribution in [0, 0.1) is 0 Å². The number of phosphoric acid groups is 1. The van der Waals surface area contributed by atoms with E-state index >= 15 is 0 Å². The summed E-state index contributed by atoms with van der Waals surface area (Å²) < 4.78 is 21.4. The van der Waals surface area contributed by atoms with Crippen LogP contribution in [0.4, 0.5) is 0 Å². The van der Waals surface area contributed by atoms with Crippen LogP contribution in [0.3, 0.4) is 0 Å². The molecule has 0 aliphatic carbocycles. The Labute approximate surface area is 109 Å². The van der Waals surface area contributed by atoms with Gasteiger partial charge in [0.25, 0.3) is 0 Å². The number of allylic oxidation sites excluding steroid dienone is 1. The molecule has 6 nitrogen and oxygen atoms in total. The Balaban J connectivity index is 4.22. The van der Waals surface area contributed by atoms with Crippen molar-refractivity contribution in [3.63, 3.8) is 0 Å². The van der Waals surface area contributed by atoms with Crippen LogP contribution in [0.25, 0.3) is 0 Å². The zero-order valence-corrected chi connectivity index (χ0v) is 12.5. The fourth-order valence-corrected chi connectivity index (χ4v) is 1.97. The number of quaternary nitrogens is 1. The van der Waals surface area contributed by atoms with Crippen LogP contribution in [0.15, 0.2) is 12.3 Å². The molecule has 1 atom stereocenters. The topological polar surface area (TPSA) is 76.0 Å². The lowest BCUT2D eigenvalue weighted by Gasteiger charge is -2.29. The quantitative estimate of drug-likeness (QED) is 0.290. The first-order valence-corrected chi connectivity index (χ1v) is 7.48. The molecule has 18 heavy (non-hydrogen) atoms. The molecule has 0 aromatic heterocycles. The van der Waals surface area contributed by atoms with Crippen molar-refractivity contribution in [2.75, 3.05) is 34.3 Å². The van der Waals surface area contributed by atoms with Crippen molar-refractivity contribution in [1.29, 1.82) is 0 Å². The van der Waals surface area contributed by atoms with Crippen molar-refractivity contribution in [2.45, 2.75) is 25.9 Å². The third-order valence-corrected chi connectivity index (χ3v) is 2.60. The number of hydrogen-bond donors (Lipinski definition) is 2. The predicted octanol–water partition coefficient (Wildman–Crippen LogP) is 1.50. The van der Waals surface area contributed by atoms with Gasteiger partial charge < -0.3 is 19.0 Å². The lowest BCUT2D eigenvalue weighted by atomic mass is 10.2. The Hall–Kier alpha value is -0.390. The summed E-state index contributed by atoms with van der Waals surface area (Å²) >= 11 is 0. The molecule has 0 amide bonds. The zero-order valence-electron chi connectivity index (χ0n) is 11.6. The Kier molecular flexibility index (Phi) is 7.75. The maximum atomic E-state index is 10.9. The summed E-state index contributed by atoms with van der Waals surface area (Å²) in [5.74, 6) is 0. The average Bonchev–Trinajstić information content (AvgIpc) is 2.12. The molecule has 0 saturated carbocycles. The van der Waals surface area contributed by atoms with Gasteiger partial charge in [-0.25, -0.2) is 4.57 Å². The van der Waals surface area contributed by atoms with Crippen LogP contribution in [0.2, 0.25) is 0 Å². The van der Waals surface area contributed by atoms with Crippen LogP contribution in [-0.4, -0.2) is 54.7 Å². The molecule has 0 fully saturated rings. The Morgan fingerprint density at radius 3 is 2.39 bits per heavy atom. The smallest absolute Gasteiger partial charge is 0.470 e. The van der Waals surface area contributed by atoms with E-state index in [4.69, 9.17) is 19.0 Å². The fourth-order valence-electron chi connectivity index (χ4n) is 1.41. The van der Waals surface area contributed by atoms with Gasteiger partial charge in [0.2, 0.25) is 0 Å².